The minimum absolute atomic E-state index is 0.104. The van der Waals surface area contributed by atoms with E-state index >= 15 is 0 Å². The summed E-state index contributed by atoms with van der Waals surface area (Å²) in [6.45, 7) is 6.66. The van der Waals surface area contributed by atoms with Gasteiger partial charge in [-0.1, -0.05) is 49.8 Å². The van der Waals surface area contributed by atoms with E-state index < -0.39 is 6.10 Å². The second kappa shape index (κ2) is 8.64. The molecule has 0 radical (unpaired) electrons. The van der Waals surface area contributed by atoms with E-state index in [0.717, 1.165) is 55.7 Å². The molecule has 1 saturated heterocycles. The van der Waals surface area contributed by atoms with Gasteiger partial charge in [-0.05, 0) is 30.2 Å². The smallest absolute Gasteiger partial charge is 0.332 e. The Morgan fingerprint density at radius 2 is 1.79 bits per heavy atom. The molecule has 2 heterocycles. The minimum Gasteiger partial charge on any atom is -0.453 e. The number of ether oxygens (including phenoxy) is 1. The summed E-state index contributed by atoms with van der Waals surface area (Å²) in [4.78, 5) is 30.5. The molecule has 5 heteroatoms. The molecule has 29 heavy (non-hydrogen) atoms. The van der Waals surface area contributed by atoms with E-state index in [-0.39, 0.29) is 23.6 Å². The first-order valence-corrected chi connectivity index (χ1v) is 10.7. The van der Waals surface area contributed by atoms with Gasteiger partial charge in [0.25, 0.3) is 0 Å². The zero-order valence-electron chi connectivity index (χ0n) is 17.3. The van der Waals surface area contributed by atoms with Crippen LogP contribution in [0.5, 0.6) is 0 Å². The first kappa shape index (κ1) is 20.0. The van der Waals surface area contributed by atoms with Crippen molar-refractivity contribution in [1.82, 2.24) is 9.80 Å². The third kappa shape index (κ3) is 4.21. The van der Waals surface area contributed by atoms with Crippen molar-refractivity contribution < 1.29 is 14.3 Å². The summed E-state index contributed by atoms with van der Waals surface area (Å²) in [6.07, 6.45) is 4.97. The van der Waals surface area contributed by atoms with E-state index in [4.69, 9.17) is 4.74 Å². The molecular formula is C24H30N2O3. The van der Waals surface area contributed by atoms with Crippen molar-refractivity contribution in [3.63, 3.8) is 0 Å². The molecule has 154 valence electrons. The van der Waals surface area contributed by atoms with E-state index in [1.165, 1.54) is 0 Å². The zero-order chi connectivity index (χ0) is 20.4. The predicted molar refractivity (Wildman–Crippen MR) is 113 cm³/mol. The number of carbonyl (C=O) groups is 2. The molecule has 1 aromatic carbocycles. The fraction of sp³-hybridized carbons (Fsp3) is 0.500. The number of hydrogen-bond acceptors (Lipinski definition) is 5. The third-order valence-electron chi connectivity index (χ3n) is 6.34. The van der Waals surface area contributed by atoms with Gasteiger partial charge in [-0.15, -0.1) is 0 Å². The highest BCUT2D eigenvalue weighted by atomic mass is 16.5. The number of rotatable bonds is 5. The number of piperazine rings is 1. The third-order valence-corrected chi connectivity index (χ3v) is 6.34. The Balaban J connectivity index is 1.67. The number of nitrogens with zero attached hydrogens (tertiary/aromatic N) is 2. The van der Waals surface area contributed by atoms with Crippen LogP contribution in [0.3, 0.4) is 0 Å². The van der Waals surface area contributed by atoms with Crippen molar-refractivity contribution >= 4 is 17.3 Å². The SMILES string of the molecule is CCCC1C=C2C(c3ccccc3)=CC(=O)OC2C(CN2CCN(C)CC2)C1=O. The highest BCUT2D eigenvalue weighted by Crippen LogP contribution is 2.40. The Morgan fingerprint density at radius 3 is 2.48 bits per heavy atom. The molecule has 3 atom stereocenters. The molecule has 0 saturated carbocycles. The number of likely N-dealkylation sites (N-methyl/N-ethyl adjacent to an activating group) is 1. The van der Waals surface area contributed by atoms with Crippen molar-refractivity contribution in [3.05, 3.63) is 53.6 Å². The van der Waals surface area contributed by atoms with E-state index in [1.54, 1.807) is 6.08 Å². The van der Waals surface area contributed by atoms with Crippen molar-refractivity contribution in [2.75, 3.05) is 39.8 Å². The van der Waals surface area contributed by atoms with Gasteiger partial charge in [0.2, 0.25) is 0 Å². The van der Waals surface area contributed by atoms with E-state index in [9.17, 15) is 9.59 Å². The maximum Gasteiger partial charge on any atom is 0.332 e. The van der Waals surface area contributed by atoms with Crippen LogP contribution < -0.4 is 0 Å². The molecule has 0 aromatic heterocycles. The lowest BCUT2D eigenvalue weighted by atomic mass is 9.73. The van der Waals surface area contributed by atoms with Crippen molar-refractivity contribution in [2.45, 2.75) is 25.9 Å². The fourth-order valence-electron chi connectivity index (χ4n) is 4.68. The predicted octanol–water partition coefficient (Wildman–Crippen LogP) is 2.78. The second-order valence-corrected chi connectivity index (χ2v) is 8.41. The quantitative estimate of drug-likeness (QED) is 0.719. The number of carbonyl (C=O) groups excluding carboxylic acids is 2. The number of hydrogen-bond donors (Lipinski definition) is 0. The van der Waals surface area contributed by atoms with Gasteiger partial charge in [-0.25, -0.2) is 4.79 Å². The Morgan fingerprint density at radius 1 is 1.07 bits per heavy atom. The molecule has 1 aliphatic carbocycles. The van der Waals surface area contributed by atoms with Crippen LogP contribution in [0.4, 0.5) is 0 Å². The van der Waals surface area contributed by atoms with Gasteiger partial charge in [0.05, 0.1) is 5.92 Å². The van der Waals surface area contributed by atoms with Crippen molar-refractivity contribution in [1.29, 1.82) is 0 Å². The molecule has 2 aliphatic heterocycles. The van der Waals surface area contributed by atoms with Gasteiger partial charge in [-0.3, -0.25) is 9.69 Å². The van der Waals surface area contributed by atoms with E-state index in [2.05, 4.69) is 29.8 Å². The van der Waals surface area contributed by atoms with Gasteiger partial charge in [0.15, 0.2) is 0 Å². The molecule has 0 amide bonds. The summed E-state index contributed by atoms with van der Waals surface area (Å²) in [5, 5.41) is 0. The number of esters is 1. The van der Waals surface area contributed by atoms with Crippen LogP contribution >= 0.6 is 0 Å². The molecular weight excluding hydrogens is 364 g/mol. The number of Topliss-reactive ketones (excluding diaryl/α,β-unsaturated/α-hetero) is 1. The molecule has 4 rings (SSSR count). The Labute approximate surface area is 173 Å². The Kier molecular flexibility index (Phi) is 5.97. The minimum atomic E-state index is -0.483. The van der Waals surface area contributed by atoms with Gasteiger partial charge >= 0.3 is 5.97 Å². The van der Waals surface area contributed by atoms with Crippen molar-refractivity contribution in [2.24, 2.45) is 11.8 Å². The Hall–Kier alpha value is -2.24. The zero-order valence-corrected chi connectivity index (χ0v) is 17.3. The largest absolute Gasteiger partial charge is 0.453 e. The van der Waals surface area contributed by atoms with Crippen molar-refractivity contribution in [3.8, 4) is 0 Å². The number of ketones is 1. The van der Waals surface area contributed by atoms with E-state index in [1.807, 2.05) is 30.3 Å². The second-order valence-electron chi connectivity index (χ2n) is 8.41. The average molecular weight is 395 g/mol. The monoisotopic (exact) mass is 394 g/mol. The van der Waals surface area contributed by atoms with Crippen LogP contribution in [0, 0.1) is 11.8 Å². The first-order chi connectivity index (χ1) is 14.1. The summed E-state index contributed by atoms with van der Waals surface area (Å²) in [7, 11) is 2.13. The summed E-state index contributed by atoms with van der Waals surface area (Å²) in [5.41, 5.74) is 2.92. The molecule has 0 N–H and O–H groups in total. The topological polar surface area (TPSA) is 49.9 Å². The van der Waals surface area contributed by atoms with Gasteiger partial charge in [-0.2, -0.15) is 0 Å². The molecule has 1 aromatic rings. The Bertz CT molecular complexity index is 822. The number of allylic oxidation sites excluding steroid dienone is 1. The highest BCUT2D eigenvalue weighted by Gasteiger charge is 2.44. The van der Waals surface area contributed by atoms with Crippen LogP contribution in [0.1, 0.15) is 25.3 Å². The van der Waals surface area contributed by atoms with E-state index in [0.29, 0.717) is 6.54 Å². The van der Waals surface area contributed by atoms with Gasteiger partial charge in [0, 0.05) is 44.7 Å². The normalized spacial score (nSPS) is 28.4. The maximum absolute atomic E-state index is 13.4. The molecule has 0 bridgehead atoms. The number of fused-ring (bicyclic) bond motifs is 1. The fourth-order valence-corrected chi connectivity index (χ4v) is 4.68. The number of benzene rings is 1. The van der Waals surface area contributed by atoms with Gasteiger partial charge < -0.3 is 9.64 Å². The van der Waals surface area contributed by atoms with Crippen LogP contribution in [-0.2, 0) is 14.3 Å². The summed E-state index contributed by atoms with van der Waals surface area (Å²) in [6, 6.07) is 9.96. The van der Waals surface area contributed by atoms with Crippen LogP contribution in [-0.4, -0.2) is 67.4 Å². The maximum atomic E-state index is 13.4. The lowest BCUT2D eigenvalue weighted by Gasteiger charge is -2.41. The van der Waals surface area contributed by atoms with Crippen LogP contribution in [0.2, 0.25) is 0 Å². The average Bonchev–Trinajstić information content (AvgIpc) is 2.73. The lowest BCUT2D eigenvalue weighted by molar-refractivity contribution is -0.148. The summed E-state index contributed by atoms with van der Waals surface area (Å²) < 4.78 is 5.77. The van der Waals surface area contributed by atoms with Crippen LogP contribution in [0.15, 0.2) is 48.1 Å². The lowest BCUT2D eigenvalue weighted by Crippen LogP contribution is -2.52. The molecule has 1 fully saturated rings. The van der Waals surface area contributed by atoms with Gasteiger partial charge in [0.1, 0.15) is 11.9 Å². The molecule has 3 unspecified atom stereocenters. The highest BCUT2D eigenvalue weighted by molar-refractivity contribution is 6.02. The summed E-state index contributed by atoms with van der Waals surface area (Å²) in [5.74, 6) is -0.531. The molecule has 0 spiro atoms. The summed E-state index contributed by atoms with van der Waals surface area (Å²) >= 11 is 0. The van der Waals surface area contributed by atoms with Crippen LogP contribution in [0.25, 0.3) is 5.57 Å². The molecule has 3 aliphatic rings. The molecule has 5 nitrogen and oxygen atoms in total. The first-order valence-electron chi connectivity index (χ1n) is 10.7. The standard InChI is InChI=1S/C24H30N2O3/c1-3-7-18-14-20-19(17-8-5-4-6-9-17)15-22(27)29-24(20)21(23(18)28)16-26-12-10-25(2)11-13-26/h4-6,8-9,14-15,18,21,24H,3,7,10-13,16H2,1-2H3.